The van der Waals surface area contributed by atoms with Gasteiger partial charge in [0.1, 0.15) is 5.82 Å². The third kappa shape index (κ3) is 4.59. The van der Waals surface area contributed by atoms with Crippen molar-refractivity contribution in [2.45, 2.75) is 70.1 Å². The van der Waals surface area contributed by atoms with Crippen LogP contribution >= 0.6 is 0 Å². The fourth-order valence-corrected chi connectivity index (χ4v) is 5.79. The van der Waals surface area contributed by atoms with Gasteiger partial charge in [-0.05, 0) is 81.7 Å². The zero-order valence-corrected chi connectivity index (χ0v) is 20.8. The van der Waals surface area contributed by atoms with Crippen LogP contribution in [-0.2, 0) is 0 Å². The minimum atomic E-state index is -0.422. The van der Waals surface area contributed by atoms with Gasteiger partial charge in [-0.1, -0.05) is 0 Å². The Labute approximate surface area is 206 Å². The van der Waals surface area contributed by atoms with Gasteiger partial charge in [0.25, 0.3) is 5.91 Å². The molecule has 1 amide bonds. The number of likely N-dealkylation sites (tertiary alicyclic amines) is 1. The average Bonchev–Trinajstić information content (AvgIpc) is 3.47. The quantitative estimate of drug-likeness (QED) is 0.576. The molecule has 1 aliphatic heterocycles. The van der Waals surface area contributed by atoms with Crippen molar-refractivity contribution in [1.82, 2.24) is 19.4 Å². The zero-order valence-electron chi connectivity index (χ0n) is 20.8. The normalized spacial score (nSPS) is 23.3. The first-order valence-corrected chi connectivity index (χ1v) is 12.8. The van der Waals surface area contributed by atoms with Crippen molar-refractivity contribution < 1.29 is 14.3 Å². The van der Waals surface area contributed by atoms with Gasteiger partial charge in [-0.15, -0.1) is 0 Å². The lowest BCUT2D eigenvalue weighted by Crippen LogP contribution is -2.36. The predicted molar refractivity (Wildman–Crippen MR) is 135 cm³/mol. The van der Waals surface area contributed by atoms with E-state index in [1.807, 2.05) is 30.8 Å². The van der Waals surface area contributed by atoms with Crippen LogP contribution in [0.25, 0.3) is 16.6 Å². The number of carbonyl (C=O) groups excluding carboxylic acids is 1. The van der Waals surface area contributed by atoms with Crippen LogP contribution in [0.5, 0.6) is 0 Å². The average molecular weight is 479 g/mol. The number of β-amino-alcohol motifs (C(OH)–C–C–N with tert-alkyl or cyclic N) is 1. The molecule has 1 aromatic carbocycles. The molecule has 2 fully saturated rings. The third-order valence-electron chi connectivity index (χ3n) is 8.03. The number of hydrogen-bond donors (Lipinski definition) is 1. The molecule has 1 saturated heterocycles. The van der Waals surface area contributed by atoms with Gasteiger partial charge in [0.05, 0.1) is 29.1 Å². The highest BCUT2D eigenvalue weighted by atomic mass is 19.1. The summed E-state index contributed by atoms with van der Waals surface area (Å²) in [7, 11) is 1.75. The number of halogens is 1. The summed E-state index contributed by atoms with van der Waals surface area (Å²) in [5.41, 5.74) is 3.22. The van der Waals surface area contributed by atoms with Gasteiger partial charge in [0, 0.05) is 50.0 Å². The Morgan fingerprint density at radius 2 is 1.94 bits per heavy atom. The van der Waals surface area contributed by atoms with Crippen LogP contribution in [0.15, 0.2) is 42.9 Å². The Morgan fingerprint density at radius 3 is 2.63 bits per heavy atom. The molecule has 2 aromatic heterocycles. The van der Waals surface area contributed by atoms with Crippen molar-refractivity contribution in [2.24, 2.45) is 0 Å². The standard InChI is InChI=1S/C28H35FN4O2/c1-18(2)31(3)28(35)24-14-20(29)6-9-26(24)33-17-25(23-10-12-30-15-27(23)33)19-4-7-21(8-5-19)32-13-11-22(34)16-32/h6,9-10,12,14-15,17-19,21-22,34H,4-5,7-8,11,13,16H2,1-3H3. The van der Waals surface area contributed by atoms with Crippen molar-refractivity contribution >= 4 is 16.8 Å². The summed E-state index contributed by atoms with van der Waals surface area (Å²) in [5, 5.41) is 11.1. The molecule has 3 heterocycles. The monoisotopic (exact) mass is 478 g/mol. The summed E-state index contributed by atoms with van der Waals surface area (Å²) in [6.07, 6.45) is 10.9. The maximum absolute atomic E-state index is 14.3. The summed E-state index contributed by atoms with van der Waals surface area (Å²) in [6, 6.07) is 7.06. The lowest BCUT2D eigenvalue weighted by molar-refractivity contribution is 0.0754. The SMILES string of the molecule is CC(C)N(C)C(=O)c1cc(F)ccc1-n1cc(C2CCC(N3CCC(O)C3)CC2)c2ccncc21. The smallest absolute Gasteiger partial charge is 0.256 e. The zero-order chi connectivity index (χ0) is 24.7. The van der Waals surface area contributed by atoms with Gasteiger partial charge in [-0.25, -0.2) is 4.39 Å². The minimum Gasteiger partial charge on any atom is -0.392 e. The van der Waals surface area contributed by atoms with E-state index >= 15 is 0 Å². The van der Waals surface area contributed by atoms with Crippen molar-refractivity contribution in [2.75, 3.05) is 20.1 Å². The van der Waals surface area contributed by atoms with Gasteiger partial charge in [-0.2, -0.15) is 0 Å². The van der Waals surface area contributed by atoms with E-state index in [1.54, 1.807) is 18.0 Å². The number of hydrogen-bond acceptors (Lipinski definition) is 4. The lowest BCUT2D eigenvalue weighted by Gasteiger charge is -2.34. The number of aliphatic hydroxyl groups is 1. The Morgan fingerprint density at radius 1 is 1.17 bits per heavy atom. The molecule has 35 heavy (non-hydrogen) atoms. The minimum absolute atomic E-state index is 0.00385. The van der Waals surface area contributed by atoms with Crippen LogP contribution in [0, 0.1) is 5.82 Å². The van der Waals surface area contributed by atoms with E-state index in [1.165, 1.54) is 17.7 Å². The second kappa shape index (κ2) is 9.70. The van der Waals surface area contributed by atoms with Crippen molar-refractivity contribution in [3.63, 3.8) is 0 Å². The number of rotatable bonds is 5. The molecule has 1 aliphatic carbocycles. The van der Waals surface area contributed by atoms with Crippen LogP contribution < -0.4 is 0 Å². The predicted octanol–water partition coefficient (Wildman–Crippen LogP) is 4.74. The highest BCUT2D eigenvalue weighted by molar-refractivity contribution is 5.99. The molecular formula is C28H35FN4O2. The fourth-order valence-electron chi connectivity index (χ4n) is 5.79. The van der Waals surface area contributed by atoms with Gasteiger partial charge >= 0.3 is 0 Å². The number of aliphatic hydroxyl groups excluding tert-OH is 1. The van der Waals surface area contributed by atoms with Crippen LogP contribution in [0.1, 0.15) is 67.8 Å². The largest absolute Gasteiger partial charge is 0.392 e. The molecule has 6 nitrogen and oxygen atoms in total. The summed E-state index contributed by atoms with van der Waals surface area (Å²) in [4.78, 5) is 21.7. The Balaban J connectivity index is 1.49. The van der Waals surface area contributed by atoms with Crippen molar-refractivity contribution in [3.05, 3.63) is 59.8 Å². The van der Waals surface area contributed by atoms with Crippen LogP contribution in [0.3, 0.4) is 0 Å². The summed E-state index contributed by atoms with van der Waals surface area (Å²) < 4.78 is 16.3. The molecule has 0 radical (unpaired) electrons. The number of fused-ring (bicyclic) bond motifs is 1. The van der Waals surface area contributed by atoms with Crippen molar-refractivity contribution in [3.8, 4) is 5.69 Å². The number of benzene rings is 1. The molecule has 1 saturated carbocycles. The van der Waals surface area contributed by atoms with Crippen LogP contribution in [-0.4, -0.2) is 68.7 Å². The topological polar surface area (TPSA) is 61.6 Å². The summed E-state index contributed by atoms with van der Waals surface area (Å²) >= 11 is 0. The second-order valence-corrected chi connectivity index (χ2v) is 10.5. The van der Waals surface area contributed by atoms with Gasteiger partial charge in [0.2, 0.25) is 0 Å². The molecule has 0 bridgehead atoms. The molecule has 1 N–H and O–H groups in total. The number of nitrogens with zero attached hydrogens (tertiary/aromatic N) is 4. The first kappa shape index (κ1) is 23.9. The number of aromatic nitrogens is 2. The van der Waals surface area contributed by atoms with E-state index < -0.39 is 5.82 Å². The highest BCUT2D eigenvalue weighted by Gasteiger charge is 2.32. The molecule has 1 atom stereocenters. The second-order valence-electron chi connectivity index (χ2n) is 10.5. The van der Waals surface area contributed by atoms with E-state index in [0.717, 1.165) is 56.1 Å². The number of amides is 1. The Hall–Kier alpha value is -2.77. The molecule has 7 heteroatoms. The third-order valence-corrected chi connectivity index (χ3v) is 8.03. The highest BCUT2D eigenvalue weighted by Crippen LogP contribution is 2.40. The van der Waals surface area contributed by atoms with E-state index in [2.05, 4.69) is 22.1 Å². The maximum atomic E-state index is 14.3. The number of carbonyl (C=O) groups is 1. The molecule has 5 rings (SSSR count). The Bertz CT molecular complexity index is 1210. The molecule has 3 aromatic rings. The maximum Gasteiger partial charge on any atom is 0.256 e. The molecule has 186 valence electrons. The first-order valence-electron chi connectivity index (χ1n) is 12.8. The summed E-state index contributed by atoms with van der Waals surface area (Å²) in [6.45, 7) is 5.69. The van der Waals surface area contributed by atoms with Crippen LogP contribution in [0.4, 0.5) is 4.39 Å². The van der Waals surface area contributed by atoms with Gasteiger partial charge < -0.3 is 14.6 Å². The first-order chi connectivity index (χ1) is 16.8. The van der Waals surface area contributed by atoms with Gasteiger partial charge in [-0.3, -0.25) is 14.7 Å². The lowest BCUT2D eigenvalue weighted by atomic mass is 9.81. The molecule has 0 spiro atoms. The number of pyridine rings is 1. The Kier molecular flexibility index (Phi) is 6.64. The molecule has 2 aliphatic rings. The van der Waals surface area contributed by atoms with E-state index in [0.29, 0.717) is 23.2 Å². The van der Waals surface area contributed by atoms with E-state index in [-0.39, 0.29) is 18.1 Å². The molecular weight excluding hydrogens is 443 g/mol. The van der Waals surface area contributed by atoms with Gasteiger partial charge in [0.15, 0.2) is 0 Å². The summed E-state index contributed by atoms with van der Waals surface area (Å²) in [5.74, 6) is -0.201. The van der Waals surface area contributed by atoms with Crippen LogP contribution in [0.2, 0.25) is 0 Å². The van der Waals surface area contributed by atoms with E-state index in [9.17, 15) is 14.3 Å². The fraction of sp³-hybridized carbons (Fsp3) is 0.500. The molecule has 1 unspecified atom stereocenters. The van der Waals surface area contributed by atoms with Crippen molar-refractivity contribution in [1.29, 1.82) is 0 Å². The van der Waals surface area contributed by atoms with E-state index in [4.69, 9.17) is 0 Å².